The Kier molecular flexibility index (Phi) is 10.4. The Morgan fingerprint density at radius 1 is 0.895 bits per heavy atom. The maximum atomic E-state index is 13.9. The molecule has 11 heteroatoms. The molecule has 0 aromatic heterocycles. The molecule has 1 atom stereocenters. The van der Waals surface area contributed by atoms with Crippen molar-refractivity contribution in [3.63, 3.8) is 0 Å². The maximum absolute atomic E-state index is 13.9. The van der Waals surface area contributed by atoms with Crippen LogP contribution in [0.4, 0.5) is 5.69 Å². The van der Waals surface area contributed by atoms with Gasteiger partial charge in [0.1, 0.15) is 12.6 Å². The van der Waals surface area contributed by atoms with Crippen molar-refractivity contribution < 1.29 is 18.0 Å². The molecule has 3 aromatic carbocycles. The number of benzene rings is 3. The summed E-state index contributed by atoms with van der Waals surface area (Å²) in [4.78, 5) is 28.2. The third kappa shape index (κ3) is 7.20. The predicted octanol–water partition coefficient (Wildman–Crippen LogP) is 5.79. The van der Waals surface area contributed by atoms with E-state index >= 15 is 0 Å². The molecule has 0 fully saturated rings. The number of hydrogen-bond donors (Lipinski definition) is 1. The van der Waals surface area contributed by atoms with Crippen LogP contribution in [0.25, 0.3) is 0 Å². The van der Waals surface area contributed by atoms with Gasteiger partial charge in [0.25, 0.3) is 10.0 Å². The van der Waals surface area contributed by atoms with Crippen LogP contribution in [0.3, 0.4) is 0 Å². The fourth-order valence-electron chi connectivity index (χ4n) is 3.91. The van der Waals surface area contributed by atoms with Crippen LogP contribution in [0.15, 0.2) is 77.7 Å². The van der Waals surface area contributed by atoms with Crippen molar-refractivity contribution in [3.05, 3.63) is 93.4 Å². The molecule has 0 bridgehead atoms. The Bertz CT molecular complexity index is 1370. The molecule has 0 saturated carbocycles. The van der Waals surface area contributed by atoms with E-state index < -0.39 is 28.5 Å². The number of carbonyl (C=O) groups is 2. The van der Waals surface area contributed by atoms with E-state index in [1.54, 1.807) is 56.3 Å². The monoisotopic (exact) mass is 595 g/mol. The number of rotatable bonds is 11. The number of nitrogens with one attached hydrogen (secondary N) is 1. The lowest BCUT2D eigenvalue weighted by molar-refractivity contribution is -0.140. The normalized spacial score (nSPS) is 12.0. The predicted molar refractivity (Wildman–Crippen MR) is 152 cm³/mol. The zero-order valence-electron chi connectivity index (χ0n) is 20.9. The summed E-state index contributed by atoms with van der Waals surface area (Å²) in [5.41, 5.74) is 0.818. The first-order valence-corrected chi connectivity index (χ1v) is 14.5. The Hall–Kier alpha value is -2.78. The summed E-state index contributed by atoms with van der Waals surface area (Å²) in [6.45, 7) is 3.43. The van der Waals surface area contributed by atoms with E-state index in [0.29, 0.717) is 23.0 Å². The van der Waals surface area contributed by atoms with E-state index in [4.69, 9.17) is 34.8 Å². The first kappa shape index (κ1) is 29.8. The lowest BCUT2D eigenvalue weighted by atomic mass is 10.1. The van der Waals surface area contributed by atoms with Gasteiger partial charge in [0.05, 0.1) is 15.6 Å². The number of likely N-dealkylation sites (N-methyl/N-ethyl adjacent to an activating group) is 1. The Morgan fingerprint density at radius 2 is 1.53 bits per heavy atom. The topological polar surface area (TPSA) is 86.8 Å². The van der Waals surface area contributed by atoms with Gasteiger partial charge in [-0.2, -0.15) is 0 Å². The molecule has 38 heavy (non-hydrogen) atoms. The fourth-order valence-corrected chi connectivity index (χ4v) is 6.06. The maximum Gasteiger partial charge on any atom is 0.264 e. The average molecular weight is 597 g/mol. The Balaban J connectivity index is 2.08. The zero-order chi connectivity index (χ0) is 27.9. The SMILES string of the molecule is CCNC(=O)C(CC)N(Cc1ccc(Cl)cc1)C(=O)CN(c1ccc(Cl)cc1Cl)S(=O)(=O)c1ccccc1. The minimum Gasteiger partial charge on any atom is -0.355 e. The van der Waals surface area contributed by atoms with Gasteiger partial charge in [0, 0.05) is 23.1 Å². The third-order valence-electron chi connectivity index (χ3n) is 5.79. The molecule has 0 aliphatic rings. The van der Waals surface area contributed by atoms with Crippen molar-refractivity contribution in [2.24, 2.45) is 0 Å². The van der Waals surface area contributed by atoms with E-state index in [-0.39, 0.29) is 28.1 Å². The molecular weight excluding hydrogens is 569 g/mol. The summed E-state index contributed by atoms with van der Waals surface area (Å²) < 4.78 is 28.5. The number of sulfonamides is 1. The Morgan fingerprint density at radius 3 is 2.11 bits per heavy atom. The number of amides is 2. The summed E-state index contributed by atoms with van der Waals surface area (Å²) in [5, 5.41) is 3.66. The summed E-state index contributed by atoms with van der Waals surface area (Å²) in [5.74, 6) is -0.914. The summed E-state index contributed by atoms with van der Waals surface area (Å²) in [7, 11) is -4.22. The van der Waals surface area contributed by atoms with Gasteiger partial charge in [-0.3, -0.25) is 13.9 Å². The van der Waals surface area contributed by atoms with Gasteiger partial charge in [0.15, 0.2) is 0 Å². The van der Waals surface area contributed by atoms with Crippen LogP contribution < -0.4 is 9.62 Å². The van der Waals surface area contributed by atoms with Crippen LogP contribution >= 0.6 is 34.8 Å². The molecule has 3 aromatic rings. The highest BCUT2D eigenvalue weighted by Gasteiger charge is 2.34. The molecule has 1 unspecified atom stereocenters. The van der Waals surface area contributed by atoms with E-state index in [9.17, 15) is 18.0 Å². The van der Waals surface area contributed by atoms with Gasteiger partial charge in [-0.15, -0.1) is 0 Å². The van der Waals surface area contributed by atoms with Crippen molar-refractivity contribution in [3.8, 4) is 0 Å². The van der Waals surface area contributed by atoms with Crippen LogP contribution in [0.5, 0.6) is 0 Å². The number of hydrogen-bond acceptors (Lipinski definition) is 4. The lowest BCUT2D eigenvalue weighted by Gasteiger charge is -2.33. The van der Waals surface area contributed by atoms with Crippen LogP contribution in [0.2, 0.25) is 15.1 Å². The van der Waals surface area contributed by atoms with Crippen LogP contribution in [0.1, 0.15) is 25.8 Å². The van der Waals surface area contributed by atoms with Crippen LogP contribution in [-0.2, 0) is 26.2 Å². The molecule has 0 aliphatic carbocycles. The number of halogens is 3. The van der Waals surface area contributed by atoms with Crippen molar-refractivity contribution in [2.75, 3.05) is 17.4 Å². The van der Waals surface area contributed by atoms with Gasteiger partial charge in [-0.05, 0) is 61.4 Å². The van der Waals surface area contributed by atoms with Crippen molar-refractivity contribution >= 4 is 62.3 Å². The average Bonchev–Trinajstić information content (AvgIpc) is 2.89. The second-order valence-electron chi connectivity index (χ2n) is 8.39. The number of nitrogens with zero attached hydrogens (tertiary/aromatic N) is 2. The van der Waals surface area contributed by atoms with Crippen LogP contribution in [-0.4, -0.2) is 44.3 Å². The van der Waals surface area contributed by atoms with Gasteiger partial charge < -0.3 is 10.2 Å². The van der Waals surface area contributed by atoms with Gasteiger partial charge in [-0.25, -0.2) is 8.42 Å². The molecule has 7 nitrogen and oxygen atoms in total. The molecule has 0 spiro atoms. The molecule has 1 N–H and O–H groups in total. The standard InChI is InChI=1S/C27H28Cl3N3O4S/c1-3-24(27(35)31-4-2)32(17-19-10-12-20(28)13-11-19)26(34)18-33(25-15-14-21(29)16-23(25)30)38(36,37)22-8-6-5-7-9-22/h5-16,24H,3-4,17-18H2,1-2H3,(H,31,35). The largest absolute Gasteiger partial charge is 0.355 e. The molecule has 0 heterocycles. The van der Waals surface area contributed by atoms with Gasteiger partial charge >= 0.3 is 0 Å². The van der Waals surface area contributed by atoms with Crippen LogP contribution in [0, 0.1) is 0 Å². The first-order valence-electron chi connectivity index (χ1n) is 11.9. The fraction of sp³-hybridized carbons (Fsp3) is 0.259. The van der Waals surface area contributed by atoms with Gasteiger partial charge in [-0.1, -0.05) is 72.1 Å². The molecular formula is C27H28Cl3N3O4S. The van der Waals surface area contributed by atoms with Crippen molar-refractivity contribution in [2.45, 2.75) is 37.8 Å². The summed E-state index contributed by atoms with van der Waals surface area (Å²) in [6, 6.07) is 18.1. The minimum absolute atomic E-state index is 0.0150. The molecule has 202 valence electrons. The highest BCUT2D eigenvalue weighted by atomic mass is 35.5. The van der Waals surface area contributed by atoms with E-state index in [1.165, 1.54) is 35.2 Å². The summed E-state index contributed by atoms with van der Waals surface area (Å²) in [6.07, 6.45) is 0.318. The quantitative estimate of drug-likeness (QED) is 0.304. The molecule has 0 saturated heterocycles. The van der Waals surface area contributed by atoms with Crippen molar-refractivity contribution in [1.82, 2.24) is 10.2 Å². The van der Waals surface area contributed by atoms with E-state index in [1.807, 2.05) is 0 Å². The Labute approximate surface area is 238 Å². The van der Waals surface area contributed by atoms with E-state index in [0.717, 1.165) is 9.87 Å². The van der Waals surface area contributed by atoms with E-state index in [2.05, 4.69) is 5.32 Å². The molecule has 0 aliphatic heterocycles. The first-order chi connectivity index (χ1) is 18.1. The molecule has 0 radical (unpaired) electrons. The summed E-state index contributed by atoms with van der Waals surface area (Å²) >= 11 is 18.5. The molecule has 3 rings (SSSR count). The molecule has 2 amide bonds. The highest BCUT2D eigenvalue weighted by molar-refractivity contribution is 7.92. The van der Waals surface area contributed by atoms with Gasteiger partial charge in [0.2, 0.25) is 11.8 Å². The van der Waals surface area contributed by atoms with Crippen molar-refractivity contribution in [1.29, 1.82) is 0 Å². The lowest BCUT2D eigenvalue weighted by Crippen LogP contribution is -2.52. The third-order valence-corrected chi connectivity index (χ3v) is 8.36. The highest BCUT2D eigenvalue weighted by Crippen LogP contribution is 2.33. The number of anilines is 1. The minimum atomic E-state index is -4.22. The number of carbonyl (C=O) groups excluding carboxylic acids is 2. The zero-order valence-corrected chi connectivity index (χ0v) is 24.0. The second-order valence-corrected chi connectivity index (χ2v) is 11.5. The smallest absolute Gasteiger partial charge is 0.264 e. The second kappa shape index (κ2) is 13.3.